The van der Waals surface area contributed by atoms with Gasteiger partial charge in [0.1, 0.15) is 0 Å². The number of unbranched alkanes of at least 4 members (excludes halogenated alkanes) is 11. The van der Waals surface area contributed by atoms with Crippen molar-refractivity contribution in [3.05, 3.63) is 12.2 Å². The molecule has 0 saturated carbocycles. The van der Waals surface area contributed by atoms with Crippen LogP contribution in [0.1, 0.15) is 104 Å². The van der Waals surface area contributed by atoms with Crippen molar-refractivity contribution >= 4 is 11.9 Å². The number of aliphatic hydroxyl groups is 1. The number of hydrogen-bond acceptors (Lipinski definition) is 4. The molecule has 0 aromatic rings. The Hall–Kier alpha value is -1.40. The summed E-state index contributed by atoms with van der Waals surface area (Å²) in [6.07, 6.45) is 22.0. The SMILES string of the molecule is CC(=O)O.CCCCCCCC/C=C\CCCCCCCC(=O)NCCNCCO. The minimum Gasteiger partial charge on any atom is -0.481 e. The molecule has 6 heteroatoms. The average molecular weight is 429 g/mol. The fraction of sp³-hybridized carbons (Fsp3) is 0.833. The minimum absolute atomic E-state index is 0.142. The highest BCUT2D eigenvalue weighted by Gasteiger charge is 2.00. The number of rotatable bonds is 20. The van der Waals surface area contributed by atoms with Crippen molar-refractivity contribution in [1.29, 1.82) is 0 Å². The van der Waals surface area contributed by atoms with Gasteiger partial charge in [0.2, 0.25) is 5.91 Å². The van der Waals surface area contributed by atoms with Crippen LogP contribution in [0.4, 0.5) is 0 Å². The Kier molecular flexibility index (Phi) is 28.3. The molecule has 0 rings (SSSR count). The summed E-state index contributed by atoms with van der Waals surface area (Å²) in [6, 6.07) is 0. The van der Waals surface area contributed by atoms with E-state index in [9.17, 15) is 4.79 Å². The number of hydrogen-bond donors (Lipinski definition) is 4. The zero-order valence-electron chi connectivity index (χ0n) is 19.6. The number of aliphatic hydroxyl groups excluding tert-OH is 1. The second kappa shape index (κ2) is 27.6. The van der Waals surface area contributed by atoms with Crippen LogP contribution in [0, 0.1) is 0 Å². The lowest BCUT2D eigenvalue weighted by molar-refractivity contribution is -0.134. The van der Waals surface area contributed by atoms with E-state index in [1.165, 1.54) is 70.6 Å². The van der Waals surface area contributed by atoms with Gasteiger partial charge in [-0.3, -0.25) is 9.59 Å². The molecule has 0 aromatic carbocycles. The summed E-state index contributed by atoms with van der Waals surface area (Å²) in [5, 5.41) is 22.0. The molecule has 0 saturated heterocycles. The van der Waals surface area contributed by atoms with Crippen LogP contribution < -0.4 is 10.6 Å². The van der Waals surface area contributed by atoms with Gasteiger partial charge in [-0.1, -0.05) is 70.4 Å². The van der Waals surface area contributed by atoms with Gasteiger partial charge in [-0.15, -0.1) is 0 Å². The van der Waals surface area contributed by atoms with E-state index < -0.39 is 5.97 Å². The zero-order valence-corrected chi connectivity index (χ0v) is 19.6. The molecule has 0 fully saturated rings. The molecule has 0 bridgehead atoms. The van der Waals surface area contributed by atoms with E-state index in [1.54, 1.807) is 0 Å². The number of carbonyl (C=O) groups is 2. The second-order valence-corrected chi connectivity index (χ2v) is 7.68. The normalized spacial score (nSPS) is 10.6. The van der Waals surface area contributed by atoms with Gasteiger partial charge in [-0.2, -0.15) is 0 Å². The van der Waals surface area contributed by atoms with Crippen LogP contribution in [0.2, 0.25) is 0 Å². The first kappa shape index (κ1) is 30.8. The lowest BCUT2D eigenvalue weighted by atomic mass is 10.1. The number of allylic oxidation sites excluding steroid dienone is 2. The van der Waals surface area contributed by atoms with Crippen LogP contribution >= 0.6 is 0 Å². The number of aliphatic carboxylic acids is 1. The summed E-state index contributed by atoms with van der Waals surface area (Å²) in [4.78, 5) is 20.6. The van der Waals surface area contributed by atoms with E-state index in [0.29, 0.717) is 19.5 Å². The zero-order chi connectivity index (χ0) is 22.7. The topological polar surface area (TPSA) is 98.7 Å². The van der Waals surface area contributed by atoms with Crippen molar-refractivity contribution < 1.29 is 19.8 Å². The predicted octanol–water partition coefficient (Wildman–Crippen LogP) is 4.81. The highest BCUT2D eigenvalue weighted by atomic mass is 16.4. The number of carbonyl (C=O) groups excluding carboxylic acids is 1. The number of amides is 1. The first-order chi connectivity index (χ1) is 14.5. The first-order valence-electron chi connectivity index (χ1n) is 12.0. The Morgan fingerprint density at radius 2 is 1.27 bits per heavy atom. The maximum Gasteiger partial charge on any atom is 0.300 e. The third kappa shape index (κ3) is 34.1. The van der Waals surface area contributed by atoms with Gasteiger partial charge < -0.3 is 20.8 Å². The van der Waals surface area contributed by atoms with E-state index in [1.807, 2.05) is 0 Å². The fourth-order valence-corrected chi connectivity index (χ4v) is 2.94. The molecular formula is C24H48N2O4. The summed E-state index contributed by atoms with van der Waals surface area (Å²) < 4.78 is 0. The molecule has 178 valence electrons. The van der Waals surface area contributed by atoms with Crippen LogP contribution in [0.15, 0.2) is 12.2 Å². The molecule has 0 atom stereocenters. The summed E-state index contributed by atoms with van der Waals surface area (Å²) in [7, 11) is 0. The van der Waals surface area contributed by atoms with Crippen molar-refractivity contribution in [2.75, 3.05) is 26.2 Å². The molecular weight excluding hydrogens is 380 g/mol. The molecule has 30 heavy (non-hydrogen) atoms. The molecule has 4 N–H and O–H groups in total. The van der Waals surface area contributed by atoms with Crippen molar-refractivity contribution in [2.24, 2.45) is 0 Å². The average Bonchev–Trinajstić information content (AvgIpc) is 2.70. The van der Waals surface area contributed by atoms with Crippen LogP contribution in [-0.2, 0) is 9.59 Å². The molecule has 0 aliphatic rings. The molecule has 0 aromatic heterocycles. The Morgan fingerprint density at radius 1 is 0.767 bits per heavy atom. The Labute approximate surface area is 184 Å². The summed E-state index contributed by atoms with van der Waals surface area (Å²) in [5.74, 6) is -0.687. The molecule has 0 radical (unpaired) electrons. The Morgan fingerprint density at radius 3 is 1.80 bits per heavy atom. The van der Waals surface area contributed by atoms with Gasteiger partial charge in [0.25, 0.3) is 5.97 Å². The summed E-state index contributed by atoms with van der Waals surface area (Å²) in [6.45, 7) is 5.44. The van der Waals surface area contributed by atoms with Crippen LogP contribution in [0.3, 0.4) is 0 Å². The largest absolute Gasteiger partial charge is 0.481 e. The number of nitrogens with one attached hydrogen (secondary N) is 2. The number of carboxylic acids is 1. The molecule has 0 spiro atoms. The van der Waals surface area contributed by atoms with Gasteiger partial charge in [-0.25, -0.2) is 0 Å². The minimum atomic E-state index is -0.833. The summed E-state index contributed by atoms with van der Waals surface area (Å²) in [5.41, 5.74) is 0. The van der Waals surface area contributed by atoms with E-state index in [4.69, 9.17) is 15.0 Å². The quantitative estimate of drug-likeness (QED) is 0.165. The number of carboxylic acid groups (broad SMARTS) is 1. The standard InChI is InChI=1S/C22H44N2O2.C2H4O2/c1-2-3-4-5-6-7-8-9-10-11-12-13-14-15-16-17-22(26)24-19-18-23-20-21-25;1-2(3)4/h9-10,23,25H,2-8,11-21H2,1H3,(H,24,26);1H3,(H,3,4)/b10-9-;. The maximum absolute atomic E-state index is 11.6. The predicted molar refractivity (Wildman–Crippen MR) is 126 cm³/mol. The molecule has 0 aliphatic heterocycles. The van der Waals surface area contributed by atoms with Gasteiger partial charge in [-0.05, 0) is 32.1 Å². The van der Waals surface area contributed by atoms with Crippen molar-refractivity contribution in [3.8, 4) is 0 Å². The van der Waals surface area contributed by atoms with Crippen LogP contribution in [-0.4, -0.2) is 48.3 Å². The van der Waals surface area contributed by atoms with Crippen LogP contribution in [0.25, 0.3) is 0 Å². The van der Waals surface area contributed by atoms with E-state index in [-0.39, 0.29) is 12.5 Å². The third-order valence-corrected chi connectivity index (χ3v) is 4.58. The third-order valence-electron chi connectivity index (χ3n) is 4.58. The summed E-state index contributed by atoms with van der Waals surface area (Å²) >= 11 is 0. The van der Waals surface area contributed by atoms with Gasteiger partial charge in [0, 0.05) is 33.0 Å². The highest BCUT2D eigenvalue weighted by molar-refractivity contribution is 5.75. The van der Waals surface area contributed by atoms with Crippen molar-refractivity contribution in [3.63, 3.8) is 0 Å². The van der Waals surface area contributed by atoms with Crippen molar-refractivity contribution in [2.45, 2.75) is 104 Å². The Balaban J connectivity index is 0. The lowest BCUT2D eigenvalue weighted by Crippen LogP contribution is -2.32. The van der Waals surface area contributed by atoms with Gasteiger partial charge >= 0.3 is 0 Å². The molecule has 6 nitrogen and oxygen atoms in total. The second-order valence-electron chi connectivity index (χ2n) is 7.68. The lowest BCUT2D eigenvalue weighted by Gasteiger charge is -2.06. The van der Waals surface area contributed by atoms with E-state index in [0.717, 1.165) is 26.3 Å². The highest BCUT2D eigenvalue weighted by Crippen LogP contribution is 2.09. The molecule has 0 heterocycles. The maximum atomic E-state index is 11.6. The smallest absolute Gasteiger partial charge is 0.300 e. The molecule has 0 unspecified atom stereocenters. The molecule has 0 aliphatic carbocycles. The first-order valence-corrected chi connectivity index (χ1v) is 12.0. The monoisotopic (exact) mass is 428 g/mol. The fourth-order valence-electron chi connectivity index (χ4n) is 2.94. The van der Waals surface area contributed by atoms with E-state index in [2.05, 4.69) is 29.7 Å². The van der Waals surface area contributed by atoms with Gasteiger partial charge in [0.15, 0.2) is 0 Å². The van der Waals surface area contributed by atoms with E-state index >= 15 is 0 Å². The van der Waals surface area contributed by atoms with Crippen molar-refractivity contribution in [1.82, 2.24) is 10.6 Å². The molecule has 1 amide bonds. The van der Waals surface area contributed by atoms with Gasteiger partial charge in [0.05, 0.1) is 6.61 Å². The van der Waals surface area contributed by atoms with Crippen LogP contribution in [0.5, 0.6) is 0 Å². The Bertz CT molecular complexity index is 397.